The van der Waals surface area contributed by atoms with Gasteiger partial charge in [0.2, 0.25) is 6.41 Å². The van der Waals surface area contributed by atoms with Gasteiger partial charge < -0.3 is 14.9 Å². The third-order valence-electron chi connectivity index (χ3n) is 7.23. The molecule has 0 atom stereocenters. The molecule has 1 saturated heterocycles. The van der Waals surface area contributed by atoms with E-state index in [1.165, 1.54) is 29.3 Å². The van der Waals surface area contributed by atoms with Gasteiger partial charge in [-0.25, -0.2) is 13.2 Å². The van der Waals surface area contributed by atoms with Gasteiger partial charge in [-0.05, 0) is 56.7 Å². The molecule has 0 spiro atoms. The van der Waals surface area contributed by atoms with E-state index in [1.807, 2.05) is 4.90 Å². The van der Waals surface area contributed by atoms with E-state index in [9.17, 15) is 23.1 Å². The highest BCUT2D eigenvalue weighted by Gasteiger charge is 2.29. The molecule has 2 heterocycles. The topological polar surface area (TPSA) is 63.2 Å². The molecule has 0 aliphatic carbocycles. The first-order valence-corrected chi connectivity index (χ1v) is 13.9. The number of anilines is 2. The number of benzene rings is 2. The predicted octanol–water partition coefficient (Wildman–Crippen LogP) is 6.77. The average molecular weight is 602 g/mol. The Hall–Kier alpha value is -3.76. The molecule has 7 nitrogen and oxygen atoms in total. The van der Waals surface area contributed by atoms with Crippen molar-refractivity contribution in [2.45, 2.75) is 32.7 Å². The van der Waals surface area contributed by atoms with Crippen molar-refractivity contribution in [3.05, 3.63) is 71.5 Å². The van der Waals surface area contributed by atoms with Crippen LogP contribution in [0, 0.1) is 5.82 Å². The van der Waals surface area contributed by atoms with Crippen LogP contribution in [-0.4, -0.2) is 72.1 Å². The quantitative estimate of drug-likeness (QED) is 0.288. The Morgan fingerprint density at radius 2 is 1.64 bits per heavy atom. The van der Waals surface area contributed by atoms with Crippen molar-refractivity contribution in [2.24, 2.45) is 0 Å². The standard InChI is InChI=1S/C31H35ClF3N5O2/c1-31(2,3)40-12-10-38(11-13-40)27-15-21(18-36-28(27)30(34)35)24-17-22(33)16-23(29(24)42)20-6-7-26(25(32)14-20)39(19-41)9-8-37(4)5/h6-9,14-19,30,42H,10-13H2,1-5H3/b9-8-. The van der Waals surface area contributed by atoms with Crippen molar-refractivity contribution in [1.82, 2.24) is 14.8 Å². The summed E-state index contributed by atoms with van der Waals surface area (Å²) in [7, 11) is 3.61. The first-order chi connectivity index (χ1) is 19.8. The molecule has 11 heteroatoms. The molecule has 42 heavy (non-hydrogen) atoms. The van der Waals surface area contributed by atoms with Gasteiger partial charge in [-0.2, -0.15) is 0 Å². The molecule has 0 saturated carbocycles. The SMILES string of the molecule is CN(C)/C=C\N(C=O)c1ccc(-c2cc(F)cc(-c3cnc(C(F)F)c(N4CCN(C(C)(C)C)CC4)c3)c2O)cc1Cl. The zero-order valence-electron chi connectivity index (χ0n) is 24.3. The van der Waals surface area contributed by atoms with Gasteiger partial charge in [0.15, 0.2) is 0 Å². The van der Waals surface area contributed by atoms with Crippen LogP contribution in [0.5, 0.6) is 5.75 Å². The molecule has 0 radical (unpaired) electrons. The second kappa shape index (κ2) is 12.6. The zero-order valence-corrected chi connectivity index (χ0v) is 25.0. The zero-order chi connectivity index (χ0) is 30.8. The first-order valence-electron chi connectivity index (χ1n) is 13.5. The summed E-state index contributed by atoms with van der Waals surface area (Å²) < 4.78 is 43.0. The van der Waals surface area contributed by atoms with Crippen LogP contribution in [0.4, 0.5) is 24.5 Å². The fourth-order valence-electron chi connectivity index (χ4n) is 4.95. The second-order valence-electron chi connectivity index (χ2n) is 11.4. The maximum absolute atomic E-state index is 15.0. The molecule has 4 rings (SSSR count). The van der Waals surface area contributed by atoms with Gasteiger partial charge in [0.05, 0.1) is 16.4 Å². The highest BCUT2D eigenvalue weighted by Crippen LogP contribution is 2.42. The van der Waals surface area contributed by atoms with Gasteiger partial charge in [-0.3, -0.25) is 19.6 Å². The number of halogens is 4. The van der Waals surface area contributed by atoms with E-state index >= 15 is 0 Å². The largest absolute Gasteiger partial charge is 0.507 e. The molecular weight excluding hydrogens is 567 g/mol. The third kappa shape index (κ3) is 6.82. The van der Waals surface area contributed by atoms with Crippen LogP contribution in [0.15, 0.2) is 55.0 Å². The Kier molecular flexibility index (Phi) is 9.37. The van der Waals surface area contributed by atoms with Crippen molar-refractivity contribution in [3.8, 4) is 28.0 Å². The van der Waals surface area contributed by atoms with Crippen molar-refractivity contribution in [3.63, 3.8) is 0 Å². The minimum atomic E-state index is -2.80. The van der Waals surface area contributed by atoms with Gasteiger partial charge in [0, 0.05) is 81.1 Å². The van der Waals surface area contributed by atoms with Crippen LogP contribution in [0.3, 0.4) is 0 Å². The molecule has 3 aromatic rings. The maximum Gasteiger partial charge on any atom is 0.282 e. The molecule has 1 amide bonds. The third-order valence-corrected chi connectivity index (χ3v) is 7.54. The molecule has 1 aliphatic rings. The molecule has 224 valence electrons. The van der Waals surface area contributed by atoms with Gasteiger partial charge in [-0.15, -0.1) is 0 Å². The number of hydrogen-bond acceptors (Lipinski definition) is 6. The highest BCUT2D eigenvalue weighted by molar-refractivity contribution is 6.34. The van der Waals surface area contributed by atoms with Crippen molar-refractivity contribution in [2.75, 3.05) is 50.1 Å². The van der Waals surface area contributed by atoms with E-state index in [2.05, 4.69) is 30.7 Å². The summed E-state index contributed by atoms with van der Waals surface area (Å²) in [6, 6.07) is 8.57. The molecule has 0 bridgehead atoms. The predicted molar refractivity (Wildman–Crippen MR) is 162 cm³/mol. The fraction of sp³-hybridized carbons (Fsp3) is 0.355. The Morgan fingerprint density at radius 1 is 1.00 bits per heavy atom. The van der Waals surface area contributed by atoms with Crippen LogP contribution >= 0.6 is 11.6 Å². The normalized spacial score (nSPS) is 14.6. The lowest BCUT2D eigenvalue weighted by Gasteiger charge is -2.43. The van der Waals surface area contributed by atoms with E-state index < -0.39 is 12.2 Å². The lowest BCUT2D eigenvalue weighted by atomic mass is 9.97. The number of piperazine rings is 1. The van der Waals surface area contributed by atoms with Gasteiger partial charge in [0.25, 0.3) is 6.43 Å². The summed E-state index contributed by atoms with van der Waals surface area (Å²) in [5.41, 5.74) is 1.21. The number of rotatable bonds is 8. The Bertz CT molecular complexity index is 1470. The molecule has 1 fully saturated rings. The minimum Gasteiger partial charge on any atom is -0.507 e. The van der Waals surface area contributed by atoms with Crippen molar-refractivity contribution >= 4 is 29.4 Å². The lowest BCUT2D eigenvalue weighted by molar-refractivity contribution is -0.107. The number of carbonyl (C=O) groups is 1. The molecule has 1 aromatic heterocycles. The molecule has 0 unspecified atom stereocenters. The summed E-state index contributed by atoms with van der Waals surface area (Å²) in [5.74, 6) is -0.894. The van der Waals surface area contributed by atoms with E-state index in [0.29, 0.717) is 49.4 Å². The van der Waals surface area contributed by atoms with Crippen LogP contribution in [-0.2, 0) is 4.79 Å². The van der Waals surface area contributed by atoms with Crippen LogP contribution in [0.1, 0.15) is 32.9 Å². The number of phenols is 1. The smallest absolute Gasteiger partial charge is 0.282 e. The highest BCUT2D eigenvalue weighted by atomic mass is 35.5. The fourth-order valence-corrected chi connectivity index (χ4v) is 5.23. The lowest BCUT2D eigenvalue weighted by Crippen LogP contribution is -2.53. The summed E-state index contributed by atoms with van der Waals surface area (Å²) >= 11 is 6.50. The number of nitrogens with zero attached hydrogens (tertiary/aromatic N) is 5. The second-order valence-corrected chi connectivity index (χ2v) is 11.8. The van der Waals surface area contributed by atoms with Crippen LogP contribution in [0.2, 0.25) is 5.02 Å². The number of hydrogen-bond donors (Lipinski definition) is 1. The monoisotopic (exact) mass is 601 g/mol. The number of phenolic OH excluding ortho intramolecular Hbond substituents is 1. The van der Waals surface area contributed by atoms with E-state index in [-0.39, 0.29) is 38.8 Å². The number of alkyl halides is 2. The minimum absolute atomic E-state index is 0.0446. The summed E-state index contributed by atoms with van der Waals surface area (Å²) in [4.78, 5) is 22.9. The number of aromatic nitrogens is 1. The van der Waals surface area contributed by atoms with Gasteiger partial charge in [-0.1, -0.05) is 17.7 Å². The number of pyridine rings is 1. The summed E-state index contributed by atoms with van der Waals surface area (Å²) in [6.45, 7) is 8.76. The summed E-state index contributed by atoms with van der Waals surface area (Å²) in [6.07, 6.45) is 2.25. The molecule has 1 N–H and O–H groups in total. The molecular formula is C31H35ClF3N5O2. The van der Waals surface area contributed by atoms with Crippen molar-refractivity contribution in [1.29, 1.82) is 0 Å². The van der Waals surface area contributed by atoms with E-state index in [1.54, 1.807) is 43.5 Å². The maximum atomic E-state index is 15.0. The van der Waals surface area contributed by atoms with Crippen LogP contribution in [0.25, 0.3) is 22.3 Å². The van der Waals surface area contributed by atoms with Crippen LogP contribution < -0.4 is 9.80 Å². The summed E-state index contributed by atoms with van der Waals surface area (Å²) in [5, 5.41) is 11.5. The average Bonchev–Trinajstić information content (AvgIpc) is 2.94. The molecule has 1 aliphatic heterocycles. The van der Waals surface area contributed by atoms with Gasteiger partial charge in [0.1, 0.15) is 17.3 Å². The Labute approximate surface area is 249 Å². The Balaban J connectivity index is 1.72. The number of aromatic hydroxyl groups is 1. The molecule has 2 aromatic carbocycles. The number of carbonyl (C=O) groups excluding carboxylic acids is 1. The van der Waals surface area contributed by atoms with E-state index in [0.717, 1.165) is 6.07 Å². The Morgan fingerprint density at radius 3 is 2.19 bits per heavy atom. The number of amides is 1. The van der Waals surface area contributed by atoms with Gasteiger partial charge >= 0.3 is 0 Å². The first kappa shape index (κ1) is 31.2. The van der Waals surface area contributed by atoms with Crippen molar-refractivity contribution < 1.29 is 23.1 Å². The van der Waals surface area contributed by atoms with E-state index in [4.69, 9.17) is 11.6 Å².